The molecule has 0 spiro atoms. The Hall–Kier alpha value is -2.70. The van der Waals surface area contributed by atoms with E-state index in [1.807, 2.05) is 24.3 Å². The molecule has 4 N–H and O–H groups in total. The van der Waals surface area contributed by atoms with Crippen molar-refractivity contribution in [1.29, 1.82) is 0 Å². The van der Waals surface area contributed by atoms with E-state index in [4.69, 9.17) is 15.9 Å². The second-order valence-electron chi connectivity index (χ2n) is 4.14. The summed E-state index contributed by atoms with van der Waals surface area (Å²) < 4.78 is 5.55. The maximum atomic E-state index is 5.55. The lowest BCUT2D eigenvalue weighted by Gasteiger charge is -1.95. The normalized spacial score (nSPS) is 10.8. The highest BCUT2D eigenvalue weighted by Crippen LogP contribution is 2.18. The Morgan fingerprint density at radius 2 is 2.00 bits per heavy atom. The van der Waals surface area contributed by atoms with Crippen LogP contribution in [-0.4, -0.2) is 22.4 Å². The van der Waals surface area contributed by atoms with Crippen molar-refractivity contribution in [3.05, 3.63) is 35.7 Å². The van der Waals surface area contributed by atoms with E-state index in [-0.39, 0.29) is 5.96 Å². The number of rotatable bonds is 5. The summed E-state index contributed by atoms with van der Waals surface area (Å²) in [5.74, 6) is 1.09. The number of hydrogen-bond acceptors (Lipinski definition) is 5. The third-order valence-electron chi connectivity index (χ3n) is 2.47. The zero-order valence-electron chi connectivity index (χ0n) is 11.2. The number of hydrogen-bond donors (Lipinski definition) is 2. The second-order valence-corrected chi connectivity index (χ2v) is 4.14. The van der Waals surface area contributed by atoms with Crippen LogP contribution in [0.1, 0.15) is 24.8 Å². The Bertz CT molecular complexity index is 610. The summed E-state index contributed by atoms with van der Waals surface area (Å²) in [5, 5.41) is 15.3. The summed E-state index contributed by atoms with van der Waals surface area (Å²) in [4.78, 5) is 0. The van der Waals surface area contributed by atoms with Crippen molar-refractivity contribution in [2.45, 2.75) is 19.8 Å². The first-order chi connectivity index (χ1) is 9.69. The second kappa shape index (κ2) is 6.46. The molecule has 0 saturated carbocycles. The fourth-order valence-electron chi connectivity index (χ4n) is 1.56. The predicted octanol–water partition coefficient (Wildman–Crippen LogP) is 1.30. The lowest BCUT2D eigenvalue weighted by molar-refractivity contribution is 0.502. The molecule has 0 atom stereocenters. The third kappa shape index (κ3) is 3.64. The van der Waals surface area contributed by atoms with Crippen LogP contribution in [-0.2, 0) is 6.42 Å². The Balaban J connectivity index is 2.11. The average Bonchev–Trinajstić information content (AvgIpc) is 2.88. The van der Waals surface area contributed by atoms with Crippen LogP contribution in [0.25, 0.3) is 11.5 Å². The zero-order chi connectivity index (χ0) is 14.4. The molecule has 0 bridgehead atoms. The molecule has 7 nitrogen and oxygen atoms in total. The Kier molecular flexibility index (Phi) is 4.43. The molecule has 104 valence electrons. The van der Waals surface area contributed by atoms with Gasteiger partial charge in [-0.05, 0) is 24.1 Å². The molecule has 0 saturated heterocycles. The van der Waals surface area contributed by atoms with Gasteiger partial charge in [-0.25, -0.2) is 0 Å². The highest BCUT2D eigenvalue weighted by atomic mass is 16.4. The minimum atomic E-state index is -0.0767. The summed E-state index contributed by atoms with van der Waals surface area (Å²) in [7, 11) is 0. The molecule has 0 unspecified atom stereocenters. The van der Waals surface area contributed by atoms with Gasteiger partial charge in [0.15, 0.2) is 0 Å². The van der Waals surface area contributed by atoms with Crippen molar-refractivity contribution < 1.29 is 4.42 Å². The monoisotopic (exact) mass is 272 g/mol. The van der Waals surface area contributed by atoms with Crippen LogP contribution in [0.2, 0.25) is 0 Å². The van der Waals surface area contributed by atoms with Crippen molar-refractivity contribution in [1.82, 2.24) is 10.2 Å². The number of guanidine groups is 1. The summed E-state index contributed by atoms with van der Waals surface area (Å²) in [5.41, 5.74) is 12.1. The fraction of sp³-hybridized carbons (Fsp3) is 0.231. The molecule has 0 aliphatic rings. The van der Waals surface area contributed by atoms with Crippen LogP contribution < -0.4 is 11.5 Å². The molecule has 0 radical (unpaired) electrons. The summed E-state index contributed by atoms with van der Waals surface area (Å²) in [6, 6.07) is 7.48. The predicted molar refractivity (Wildman–Crippen MR) is 77.1 cm³/mol. The van der Waals surface area contributed by atoms with Gasteiger partial charge in [0.1, 0.15) is 0 Å². The van der Waals surface area contributed by atoms with Gasteiger partial charge in [0.2, 0.25) is 17.7 Å². The van der Waals surface area contributed by atoms with Gasteiger partial charge in [0.25, 0.3) is 0 Å². The molecule has 2 rings (SSSR count). The van der Waals surface area contributed by atoms with Crippen LogP contribution >= 0.6 is 0 Å². The Morgan fingerprint density at radius 3 is 2.65 bits per heavy atom. The molecule has 7 heteroatoms. The lowest BCUT2D eigenvalue weighted by atomic mass is 10.1. The van der Waals surface area contributed by atoms with Gasteiger partial charge in [-0.3, -0.25) is 0 Å². The summed E-state index contributed by atoms with van der Waals surface area (Å²) >= 11 is 0. The number of aryl methyl sites for hydroxylation is 1. The van der Waals surface area contributed by atoms with E-state index in [0.717, 1.165) is 24.0 Å². The number of nitrogens with two attached hydrogens (primary N) is 2. The van der Waals surface area contributed by atoms with Gasteiger partial charge in [0, 0.05) is 12.0 Å². The standard InChI is InChI=1S/C13H16N6O/c1-2-3-11-17-18-12(20-11)10-6-4-9(5-7-10)8-16-19-13(14)15/h4-8H,2-3H2,1H3,(H4,14,15,19). The molecule has 0 fully saturated rings. The van der Waals surface area contributed by atoms with E-state index in [2.05, 4.69) is 27.3 Å². The molecule has 2 aromatic rings. The van der Waals surface area contributed by atoms with Crippen molar-refractivity contribution in [3.8, 4) is 11.5 Å². The van der Waals surface area contributed by atoms with E-state index in [1.54, 1.807) is 6.21 Å². The molecule has 1 heterocycles. The molecule has 0 aliphatic heterocycles. The minimum absolute atomic E-state index is 0.0767. The smallest absolute Gasteiger partial charge is 0.247 e. The average molecular weight is 272 g/mol. The summed E-state index contributed by atoms with van der Waals surface area (Å²) in [6.07, 6.45) is 3.32. The zero-order valence-corrected chi connectivity index (χ0v) is 11.2. The largest absolute Gasteiger partial charge is 0.421 e. The number of aromatic nitrogens is 2. The number of nitrogens with zero attached hydrogens (tertiary/aromatic N) is 4. The maximum absolute atomic E-state index is 5.55. The van der Waals surface area contributed by atoms with Crippen molar-refractivity contribution in [3.63, 3.8) is 0 Å². The maximum Gasteiger partial charge on any atom is 0.247 e. The van der Waals surface area contributed by atoms with E-state index in [9.17, 15) is 0 Å². The summed E-state index contributed by atoms with van der Waals surface area (Å²) in [6.45, 7) is 2.06. The van der Waals surface area contributed by atoms with Gasteiger partial charge in [-0.1, -0.05) is 19.1 Å². The molecule has 1 aromatic carbocycles. The minimum Gasteiger partial charge on any atom is -0.421 e. The van der Waals surface area contributed by atoms with Crippen LogP contribution in [0.15, 0.2) is 38.9 Å². The van der Waals surface area contributed by atoms with E-state index in [1.165, 1.54) is 0 Å². The Morgan fingerprint density at radius 1 is 1.25 bits per heavy atom. The van der Waals surface area contributed by atoms with Crippen LogP contribution in [0.4, 0.5) is 0 Å². The molecular weight excluding hydrogens is 256 g/mol. The molecule has 0 amide bonds. The topological polar surface area (TPSA) is 116 Å². The first-order valence-corrected chi connectivity index (χ1v) is 6.24. The van der Waals surface area contributed by atoms with E-state index < -0.39 is 0 Å². The van der Waals surface area contributed by atoms with Gasteiger partial charge >= 0.3 is 0 Å². The Labute approximate surface area is 116 Å². The first-order valence-electron chi connectivity index (χ1n) is 6.24. The number of benzene rings is 1. The molecule has 1 aromatic heterocycles. The van der Waals surface area contributed by atoms with Crippen LogP contribution in [0.5, 0.6) is 0 Å². The quantitative estimate of drug-likeness (QED) is 0.483. The van der Waals surface area contributed by atoms with Crippen molar-refractivity contribution >= 4 is 12.2 Å². The molecule has 20 heavy (non-hydrogen) atoms. The van der Waals surface area contributed by atoms with Gasteiger partial charge < -0.3 is 15.9 Å². The van der Waals surface area contributed by atoms with Gasteiger partial charge in [-0.2, -0.15) is 5.10 Å². The highest BCUT2D eigenvalue weighted by Gasteiger charge is 2.07. The highest BCUT2D eigenvalue weighted by molar-refractivity contribution is 5.82. The van der Waals surface area contributed by atoms with Crippen LogP contribution in [0, 0.1) is 0 Å². The van der Waals surface area contributed by atoms with Gasteiger partial charge in [0.05, 0.1) is 6.21 Å². The van der Waals surface area contributed by atoms with Crippen molar-refractivity contribution in [2.24, 2.45) is 21.7 Å². The van der Waals surface area contributed by atoms with E-state index in [0.29, 0.717) is 11.8 Å². The fourth-order valence-corrected chi connectivity index (χ4v) is 1.56. The van der Waals surface area contributed by atoms with Gasteiger partial charge in [-0.15, -0.1) is 15.3 Å². The lowest BCUT2D eigenvalue weighted by Crippen LogP contribution is -2.21. The first kappa shape index (κ1) is 13.7. The van der Waals surface area contributed by atoms with Crippen molar-refractivity contribution in [2.75, 3.05) is 0 Å². The molecular formula is C13H16N6O. The van der Waals surface area contributed by atoms with E-state index >= 15 is 0 Å². The van der Waals surface area contributed by atoms with Crippen LogP contribution in [0.3, 0.4) is 0 Å². The third-order valence-corrected chi connectivity index (χ3v) is 2.47. The SMILES string of the molecule is CCCc1nnc(-c2ccc(C=NN=C(N)N)cc2)o1. The molecule has 0 aliphatic carbocycles.